The van der Waals surface area contributed by atoms with Gasteiger partial charge in [-0.2, -0.15) is 4.90 Å². The highest BCUT2D eigenvalue weighted by atomic mass is 79.9. The topological polar surface area (TPSA) is 154 Å². The molecular formula is C26H35BrN4O6. The Labute approximate surface area is 225 Å². The maximum atomic E-state index is 14.4. The normalized spacial score (nSPS) is 15.0. The van der Waals surface area contributed by atoms with Gasteiger partial charge in [-0.3, -0.25) is 9.59 Å². The van der Waals surface area contributed by atoms with E-state index >= 15 is 0 Å². The van der Waals surface area contributed by atoms with E-state index in [2.05, 4.69) is 20.9 Å². The van der Waals surface area contributed by atoms with Crippen LogP contribution in [0.25, 0.3) is 6.08 Å². The van der Waals surface area contributed by atoms with Crippen molar-refractivity contribution in [3.05, 3.63) is 33.8 Å². The van der Waals surface area contributed by atoms with E-state index in [4.69, 9.17) is 5.73 Å². The largest absolute Gasteiger partial charge is 0.464 e. The highest BCUT2D eigenvalue weighted by Gasteiger charge is 2.62. The van der Waals surface area contributed by atoms with Gasteiger partial charge in [0, 0.05) is 22.2 Å². The zero-order valence-electron chi connectivity index (χ0n) is 22.3. The van der Waals surface area contributed by atoms with Crippen LogP contribution in [0, 0.1) is 16.2 Å². The Balaban J connectivity index is 3.21. The maximum Gasteiger partial charge on any atom is 0.422 e. The van der Waals surface area contributed by atoms with Gasteiger partial charge in [0.1, 0.15) is 5.84 Å². The molecule has 1 aromatic rings. The number of nitrogens with zero attached hydrogens (tertiary/aromatic N) is 3. The van der Waals surface area contributed by atoms with Crippen LogP contribution in [-0.2, 0) is 9.59 Å². The standard InChI is InChI=1S/C26H35BrN4O6/c1-8-11-30(14-19(28)32)20(33)17-13-15-12-16(27)9-10-18(15)29-21(31(22(34)35)23(36)37)26(17,24(2,3)4)25(5,6)7/h9-10,12-13H,8,11,14H2,1-7H3,(H2,28,32)(H,34,35)(H,36,37). The molecule has 1 aliphatic heterocycles. The Kier molecular flexibility index (Phi) is 8.64. The van der Waals surface area contributed by atoms with Crippen molar-refractivity contribution >= 4 is 57.5 Å². The van der Waals surface area contributed by atoms with E-state index in [1.54, 1.807) is 65.8 Å². The second kappa shape index (κ2) is 10.6. The molecule has 202 valence electrons. The summed E-state index contributed by atoms with van der Waals surface area (Å²) in [6.45, 7) is 12.5. The van der Waals surface area contributed by atoms with E-state index < -0.39 is 40.2 Å². The lowest BCUT2D eigenvalue weighted by atomic mass is 9.49. The minimum Gasteiger partial charge on any atom is -0.464 e. The fourth-order valence-corrected chi connectivity index (χ4v) is 5.89. The fraction of sp³-hybridized carbons (Fsp3) is 0.500. The lowest BCUT2D eigenvalue weighted by molar-refractivity contribution is -0.134. The first-order valence-corrected chi connectivity index (χ1v) is 12.6. The van der Waals surface area contributed by atoms with E-state index in [-0.39, 0.29) is 29.4 Å². The fourth-order valence-electron chi connectivity index (χ4n) is 5.51. The molecule has 0 fully saturated rings. The zero-order chi connectivity index (χ0) is 28.5. The summed E-state index contributed by atoms with van der Waals surface area (Å²) in [6, 6.07) is 5.03. The van der Waals surface area contributed by atoms with Crippen LogP contribution >= 0.6 is 15.9 Å². The number of primary amides is 1. The Morgan fingerprint density at radius 3 is 2.00 bits per heavy atom. The highest BCUT2D eigenvalue weighted by Crippen LogP contribution is 2.60. The van der Waals surface area contributed by atoms with Crippen molar-refractivity contribution in [1.82, 2.24) is 9.80 Å². The molecule has 2 rings (SSSR count). The molecule has 1 heterocycles. The quantitative estimate of drug-likeness (QED) is 0.428. The van der Waals surface area contributed by atoms with Crippen LogP contribution < -0.4 is 5.73 Å². The van der Waals surface area contributed by atoms with Crippen molar-refractivity contribution in [2.45, 2.75) is 54.9 Å². The summed E-state index contributed by atoms with van der Waals surface area (Å²) in [6.07, 6.45) is -1.34. The number of nitrogens with two attached hydrogens (primary N) is 1. The first-order chi connectivity index (χ1) is 16.9. The number of fused-ring (bicyclic) bond motifs is 1. The summed E-state index contributed by atoms with van der Waals surface area (Å²) in [7, 11) is 0. The van der Waals surface area contributed by atoms with Crippen molar-refractivity contribution in [3.63, 3.8) is 0 Å². The molecule has 0 aliphatic carbocycles. The number of carbonyl (C=O) groups excluding carboxylic acids is 2. The van der Waals surface area contributed by atoms with Gasteiger partial charge in [-0.25, -0.2) is 14.6 Å². The summed E-state index contributed by atoms with van der Waals surface area (Å²) < 4.78 is 0.681. The SMILES string of the molecule is CCCN(CC(N)=O)C(=O)C1=Cc2cc(Br)ccc2N=C(N(C(=O)O)C(=O)O)C1(C(C)(C)C)C(C)(C)C. The van der Waals surface area contributed by atoms with Crippen LogP contribution in [0.1, 0.15) is 60.5 Å². The van der Waals surface area contributed by atoms with Crippen LogP contribution in [0.5, 0.6) is 0 Å². The van der Waals surface area contributed by atoms with Crippen molar-refractivity contribution in [2.24, 2.45) is 27.0 Å². The summed E-state index contributed by atoms with van der Waals surface area (Å²) in [5, 5.41) is 20.1. The van der Waals surface area contributed by atoms with Gasteiger partial charge in [0.05, 0.1) is 17.6 Å². The number of rotatable bonds is 5. The van der Waals surface area contributed by atoms with Gasteiger partial charge in [0.25, 0.3) is 5.91 Å². The second-order valence-electron chi connectivity index (χ2n) is 11.0. The van der Waals surface area contributed by atoms with E-state index in [1.165, 1.54) is 4.90 Å². The molecule has 0 unspecified atom stereocenters. The van der Waals surface area contributed by atoms with Crippen LogP contribution in [0.4, 0.5) is 15.3 Å². The summed E-state index contributed by atoms with van der Waals surface area (Å²) >= 11 is 3.42. The molecule has 37 heavy (non-hydrogen) atoms. The number of imide groups is 1. The summed E-state index contributed by atoms with van der Waals surface area (Å²) in [5.74, 6) is -1.58. The van der Waals surface area contributed by atoms with Crippen molar-refractivity contribution < 1.29 is 29.4 Å². The van der Waals surface area contributed by atoms with Gasteiger partial charge in [0.2, 0.25) is 5.91 Å². The predicted molar refractivity (Wildman–Crippen MR) is 145 cm³/mol. The molecule has 0 saturated heterocycles. The number of amides is 4. The molecule has 0 bridgehead atoms. The number of aliphatic imine (C=N–C) groups is 1. The Morgan fingerprint density at radius 2 is 1.57 bits per heavy atom. The maximum absolute atomic E-state index is 14.4. The van der Waals surface area contributed by atoms with Crippen LogP contribution in [0.15, 0.2) is 33.2 Å². The van der Waals surface area contributed by atoms with Crippen LogP contribution in [-0.4, -0.2) is 62.9 Å². The highest BCUT2D eigenvalue weighted by molar-refractivity contribution is 9.10. The minimum absolute atomic E-state index is 0.116. The number of halogens is 1. The van der Waals surface area contributed by atoms with E-state index in [9.17, 15) is 29.4 Å². The van der Waals surface area contributed by atoms with Crippen molar-refractivity contribution in [2.75, 3.05) is 13.1 Å². The molecular weight excluding hydrogens is 544 g/mol. The Bertz CT molecular complexity index is 1150. The average molecular weight is 579 g/mol. The molecule has 0 saturated carbocycles. The minimum atomic E-state index is -1.75. The summed E-state index contributed by atoms with van der Waals surface area (Å²) in [4.78, 5) is 57.2. The van der Waals surface area contributed by atoms with Gasteiger partial charge < -0.3 is 20.8 Å². The van der Waals surface area contributed by atoms with E-state index in [0.717, 1.165) is 0 Å². The first-order valence-electron chi connectivity index (χ1n) is 11.8. The second-order valence-corrected chi connectivity index (χ2v) is 12.0. The molecule has 0 spiro atoms. The molecule has 0 aromatic heterocycles. The third kappa shape index (κ3) is 5.56. The van der Waals surface area contributed by atoms with Gasteiger partial charge in [-0.05, 0) is 41.5 Å². The molecule has 1 aliphatic rings. The van der Waals surface area contributed by atoms with Gasteiger partial charge in [-0.15, -0.1) is 0 Å². The molecule has 0 atom stereocenters. The average Bonchev–Trinajstić information content (AvgIpc) is 2.86. The monoisotopic (exact) mass is 578 g/mol. The molecule has 0 radical (unpaired) electrons. The lowest BCUT2D eigenvalue weighted by Gasteiger charge is -2.55. The van der Waals surface area contributed by atoms with Gasteiger partial charge in [-0.1, -0.05) is 64.4 Å². The van der Waals surface area contributed by atoms with Crippen LogP contribution in [0.2, 0.25) is 0 Å². The van der Waals surface area contributed by atoms with Crippen molar-refractivity contribution in [3.8, 4) is 0 Å². The molecule has 4 N–H and O–H groups in total. The first kappa shape index (κ1) is 30.0. The number of hydrogen-bond acceptors (Lipinski definition) is 5. The number of carbonyl (C=O) groups is 4. The predicted octanol–water partition coefficient (Wildman–Crippen LogP) is 5.34. The third-order valence-electron chi connectivity index (χ3n) is 6.46. The van der Waals surface area contributed by atoms with E-state index in [0.29, 0.717) is 22.1 Å². The molecule has 1 aromatic carbocycles. The number of carboxylic acid groups (broad SMARTS) is 2. The number of hydrogen-bond donors (Lipinski definition) is 3. The zero-order valence-corrected chi connectivity index (χ0v) is 23.8. The number of amidine groups is 1. The van der Waals surface area contributed by atoms with Crippen LogP contribution in [0.3, 0.4) is 0 Å². The Hall–Kier alpha value is -3.21. The molecule has 11 heteroatoms. The van der Waals surface area contributed by atoms with Gasteiger partial charge >= 0.3 is 12.2 Å². The van der Waals surface area contributed by atoms with Crippen molar-refractivity contribution in [1.29, 1.82) is 0 Å². The lowest BCUT2D eigenvalue weighted by Crippen LogP contribution is -2.62. The smallest absolute Gasteiger partial charge is 0.422 e. The van der Waals surface area contributed by atoms with E-state index in [1.807, 2.05) is 6.92 Å². The molecule has 4 amide bonds. The third-order valence-corrected chi connectivity index (χ3v) is 6.95. The Morgan fingerprint density at radius 1 is 1.03 bits per heavy atom. The molecule has 10 nitrogen and oxygen atoms in total. The number of benzene rings is 1. The summed E-state index contributed by atoms with van der Waals surface area (Å²) in [5.41, 5.74) is 2.90. The van der Waals surface area contributed by atoms with Gasteiger partial charge in [0.15, 0.2) is 0 Å².